The highest BCUT2D eigenvalue weighted by molar-refractivity contribution is 5.48. The summed E-state index contributed by atoms with van der Waals surface area (Å²) in [6.07, 6.45) is -0.704. The Morgan fingerprint density at radius 1 is 1.08 bits per heavy atom. The van der Waals surface area contributed by atoms with Crippen molar-refractivity contribution in [1.29, 1.82) is 0 Å². The Labute approximate surface area is 135 Å². The number of rotatable bonds is 5. The maximum atomic E-state index is 13.1. The first-order valence-electron chi connectivity index (χ1n) is 7.63. The zero-order valence-electron chi connectivity index (χ0n) is 12.6. The van der Waals surface area contributed by atoms with Gasteiger partial charge in [0.2, 0.25) is 5.82 Å². The van der Waals surface area contributed by atoms with E-state index in [1.165, 1.54) is 12.1 Å². The molecule has 8 heteroatoms. The van der Waals surface area contributed by atoms with Crippen LogP contribution in [-0.2, 0) is 6.54 Å². The molecule has 0 aliphatic heterocycles. The SMILES string of the molecule is Fc1ccc(CN(c2ccc3nnc(C(F)F)n3n2)C2CC2)cc1. The lowest BCUT2D eigenvalue weighted by Crippen LogP contribution is -2.26. The average molecular weight is 333 g/mol. The smallest absolute Gasteiger partial charge is 0.299 e. The molecule has 2 heterocycles. The van der Waals surface area contributed by atoms with Crippen molar-refractivity contribution < 1.29 is 13.2 Å². The first-order valence-corrected chi connectivity index (χ1v) is 7.63. The van der Waals surface area contributed by atoms with Crippen LogP contribution in [0.2, 0.25) is 0 Å². The van der Waals surface area contributed by atoms with Crippen LogP contribution in [0.1, 0.15) is 30.7 Å². The summed E-state index contributed by atoms with van der Waals surface area (Å²) in [7, 11) is 0. The molecule has 0 radical (unpaired) electrons. The van der Waals surface area contributed by atoms with Crippen LogP contribution >= 0.6 is 0 Å². The molecule has 124 valence electrons. The molecule has 0 N–H and O–H groups in total. The highest BCUT2D eigenvalue weighted by Crippen LogP contribution is 2.32. The van der Waals surface area contributed by atoms with Gasteiger partial charge in [0.1, 0.15) is 11.6 Å². The van der Waals surface area contributed by atoms with E-state index >= 15 is 0 Å². The highest BCUT2D eigenvalue weighted by Gasteiger charge is 2.30. The Kier molecular flexibility index (Phi) is 3.59. The van der Waals surface area contributed by atoms with Crippen LogP contribution in [0, 0.1) is 5.82 Å². The summed E-state index contributed by atoms with van der Waals surface area (Å²) in [6.45, 7) is 0.537. The van der Waals surface area contributed by atoms with Gasteiger partial charge in [-0.15, -0.1) is 15.3 Å². The number of hydrogen-bond acceptors (Lipinski definition) is 4. The summed E-state index contributed by atoms with van der Waals surface area (Å²) in [5, 5.41) is 11.5. The Hall–Kier alpha value is -2.64. The zero-order chi connectivity index (χ0) is 16.7. The van der Waals surface area contributed by atoms with Crippen molar-refractivity contribution in [2.75, 3.05) is 4.90 Å². The van der Waals surface area contributed by atoms with Crippen LogP contribution in [0.3, 0.4) is 0 Å². The van der Waals surface area contributed by atoms with Crippen LogP contribution in [0.25, 0.3) is 5.65 Å². The molecule has 0 spiro atoms. The molecule has 3 aromatic rings. The Balaban J connectivity index is 1.69. The number of fused-ring (bicyclic) bond motifs is 1. The molecule has 0 bridgehead atoms. The number of benzene rings is 1. The van der Waals surface area contributed by atoms with Gasteiger partial charge < -0.3 is 4.90 Å². The van der Waals surface area contributed by atoms with E-state index in [-0.39, 0.29) is 11.5 Å². The van der Waals surface area contributed by atoms with Gasteiger partial charge in [-0.05, 0) is 42.7 Å². The third kappa shape index (κ3) is 2.79. The van der Waals surface area contributed by atoms with Gasteiger partial charge in [0.05, 0.1) is 0 Å². The number of nitrogens with zero attached hydrogens (tertiary/aromatic N) is 5. The largest absolute Gasteiger partial charge is 0.348 e. The standard InChI is InChI=1S/C16H14F3N5/c17-11-3-1-10(2-4-11)9-23(12-5-6-12)14-8-7-13-20-21-16(15(18)19)24(13)22-14/h1-4,7-8,12,15H,5-6,9H2. The second-order valence-corrected chi connectivity index (χ2v) is 5.81. The normalized spacial score (nSPS) is 14.5. The van der Waals surface area contributed by atoms with Crippen LogP contribution < -0.4 is 4.90 Å². The van der Waals surface area contributed by atoms with E-state index in [9.17, 15) is 13.2 Å². The molecule has 24 heavy (non-hydrogen) atoms. The van der Waals surface area contributed by atoms with Gasteiger partial charge in [-0.25, -0.2) is 13.2 Å². The van der Waals surface area contributed by atoms with Gasteiger partial charge in [-0.2, -0.15) is 4.52 Å². The topological polar surface area (TPSA) is 46.3 Å². The number of hydrogen-bond donors (Lipinski definition) is 0. The van der Waals surface area contributed by atoms with E-state index in [4.69, 9.17) is 0 Å². The zero-order valence-corrected chi connectivity index (χ0v) is 12.6. The van der Waals surface area contributed by atoms with E-state index in [1.807, 2.05) is 4.90 Å². The lowest BCUT2D eigenvalue weighted by atomic mass is 10.2. The molecule has 2 aromatic heterocycles. The van der Waals surface area contributed by atoms with Crippen molar-refractivity contribution >= 4 is 11.5 Å². The van der Waals surface area contributed by atoms with Crippen LogP contribution in [-0.4, -0.2) is 25.9 Å². The molecule has 4 rings (SSSR count). The van der Waals surface area contributed by atoms with Crippen molar-refractivity contribution in [2.45, 2.75) is 31.9 Å². The minimum absolute atomic E-state index is 0.284. The van der Waals surface area contributed by atoms with Gasteiger partial charge in [0, 0.05) is 12.6 Å². The molecular weight excluding hydrogens is 319 g/mol. The molecule has 0 amide bonds. The molecule has 1 aliphatic carbocycles. The van der Waals surface area contributed by atoms with Crippen molar-refractivity contribution in [2.24, 2.45) is 0 Å². The van der Waals surface area contributed by atoms with Crippen LogP contribution in [0.4, 0.5) is 19.0 Å². The molecule has 0 saturated heterocycles. The van der Waals surface area contributed by atoms with Gasteiger partial charge in [0.15, 0.2) is 5.65 Å². The summed E-state index contributed by atoms with van der Waals surface area (Å²) in [4.78, 5) is 2.04. The van der Waals surface area contributed by atoms with E-state index in [0.717, 1.165) is 22.9 Å². The number of aromatic nitrogens is 4. The lowest BCUT2D eigenvalue weighted by Gasteiger charge is -2.23. The number of anilines is 1. The fourth-order valence-electron chi connectivity index (χ4n) is 2.65. The number of alkyl halides is 2. The molecule has 0 atom stereocenters. The van der Waals surface area contributed by atoms with E-state index < -0.39 is 12.2 Å². The predicted molar refractivity (Wildman–Crippen MR) is 81.3 cm³/mol. The Bertz CT molecular complexity index is 858. The summed E-state index contributed by atoms with van der Waals surface area (Å²) in [5.74, 6) is -0.178. The van der Waals surface area contributed by atoms with Gasteiger partial charge >= 0.3 is 0 Å². The van der Waals surface area contributed by atoms with Crippen molar-refractivity contribution in [3.05, 3.63) is 53.6 Å². The van der Waals surface area contributed by atoms with Crippen LogP contribution in [0.5, 0.6) is 0 Å². The first kappa shape index (κ1) is 14.9. The third-order valence-corrected chi connectivity index (χ3v) is 4.02. The predicted octanol–water partition coefficient (Wildman–Crippen LogP) is 3.37. The maximum Gasteiger partial charge on any atom is 0.299 e. The minimum Gasteiger partial charge on any atom is -0.348 e. The van der Waals surface area contributed by atoms with Crippen molar-refractivity contribution in [1.82, 2.24) is 19.8 Å². The quantitative estimate of drug-likeness (QED) is 0.718. The van der Waals surface area contributed by atoms with E-state index in [0.29, 0.717) is 18.4 Å². The van der Waals surface area contributed by atoms with Gasteiger partial charge in [-0.3, -0.25) is 0 Å². The Morgan fingerprint density at radius 3 is 2.50 bits per heavy atom. The summed E-state index contributed by atoms with van der Waals surface area (Å²) in [5.41, 5.74) is 1.22. The summed E-state index contributed by atoms with van der Waals surface area (Å²) < 4.78 is 40.2. The monoisotopic (exact) mass is 333 g/mol. The Morgan fingerprint density at radius 2 is 1.83 bits per heavy atom. The lowest BCUT2D eigenvalue weighted by molar-refractivity contribution is 0.137. The van der Waals surface area contributed by atoms with Crippen LogP contribution in [0.15, 0.2) is 36.4 Å². The number of halogens is 3. The van der Waals surface area contributed by atoms with Gasteiger partial charge in [0.25, 0.3) is 6.43 Å². The summed E-state index contributed by atoms with van der Waals surface area (Å²) in [6, 6.07) is 9.94. The summed E-state index contributed by atoms with van der Waals surface area (Å²) >= 11 is 0. The minimum atomic E-state index is -2.74. The third-order valence-electron chi connectivity index (χ3n) is 4.02. The second-order valence-electron chi connectivity index (χ2n) is 5.81. The molecule has 0 unspecified atom stereocenters. The average Bonchev–Trinajstić information content (AvgIpc) is 3.32. The van der Waals surface area contributed by atoms with E-state index in [1.54, 1.807) is 24.3 Å². The fraction of sp³-hybridized carbons (Fsp3) is 0.312. The van der Waals surface area contributed by atoms with Crippen molar-refractivity contribution in [3.63, 3.8) is 0 Å². The fourth-order valence-corrected chi connectivity index (χ4v) is 2.65. The first-order chi connectivity index (χ1) is 11.6. The second kappa shape index (κ2) is 5.77. The highest BCUT2D eigenvalue weighted by atomic mass is 19.3. The molecule has 1 fully saturated rings. The maximum absolute atomic E-state index is 13.1. The molecule has 5 nitrogen and oxygen atoms in total. The van der Waals surface area contributed by atoms with E-state index in [2.05, 4.69) is 15.3 Å². The van der Waals surface area contributed by atoms with Gasteiger partial charge in [-0.1, -0.05) is 12.1 Å². The molecule has 1 aliphatic rings. The molecule has 1 saturated carbocycles. The molecular formula is C16H14F3N5. The molecule has 1 aromatic carbocycles. The van der Waals surface area contributed by atoms with Crippen molar-refractivity contribution in [3.8, 4) is 0 Å².